The van der Waals surface area contributed by atoms with Crippen LogP contribution >= 0.6 is 11.6 Å². The van der Waals surface area contributed by atoms with E-state index in [4.69, 9.17) is 36.3 Å². The molecule has 43 heavy (non-hydrogen) atoms. The zero-order valence-corrected chi connectivity index (χ0v) is 25.0. The number of anilines is 1. The number of nitrogen functional groups attached to an aromatic ring is 1. The lowest BCUT2D eigenvalue weighted by Crippen LogP contribution is -2.53. The van der Waals surface area contributed by atoms with Crippen molar-refractivity contribution in [1.29, 1.82) is 0 Å². The molecular formula is C26H31ClFN5O9S. The van der Waals surface area contributed by atoms with Gasteiger partial charge in [-0.15, -0.1) is 0 Å². The lowest BCUT2D eigenvalue weighted by Gasteiger charge is -2.30. The summed E-state index contributed by atoms with van der Waals surface area (Å²) in [5, 5.41) is 10.5. The Bertz CT molecular complexity index is 1570. The number of aliphatic hydroxyl groups is 1. The molecule has 0 amide bonds. The van der Waals surface area contributed by atoms with Gasteiger partial charge in [0.05, 0.1) is 37.1 Å². The van der Waals surface area contributed by atoms with Crippen LogP contribution in [0.1, 0.15) is 32.1 Å². The van der Waals surface area contributed by atoms with E-state index in [0.717, 1.165) is 6.26 Å². The number of sulfone groups is 1. The zero-order valence-electron chi connectivity index (χ0n) is 23.5. The topological polar surface area (TPSA) is 195 Å². The van der Waals surface area contributed by atoms with Crippen LogP contribution in [0.5, 0.6) is 0 Å². The quantitative estimate of drug-likeness (QED) is 0.164. The molecule has 1 fully saturated rings. The first-order valence-corrected chi connectivity index (χ1v) is 15.5. The fourth-order valence-electron chi connectivity index (χ4n) is 4.65. The molecule has 1 saturated heterocycles. The van der Waals surface area contributed by atoms with Gasteiger partial charge in [-0.1, -0.05) is 12.1 Å². The first-order valence-electron chi connectivity index (χ1n) is 13.2. The highest BCUT2D eigenvalue weighted by molar-refractivity contribution is 7.90. The van der Waals surface area contributed by atoms with E-state index in [9.17, 15) is 23.1 Å². The summed E-state index contributed by atoms with van der Waals surface area (Å²) in [6.07, 6.45) is -4.28. The number of imidazole rings is 1. The number of rotatable bonds is 12. The molecule has 3 aromatic rings. The average Bonchev–Trinajstić information content (AvgIpc) is 3.48. The van der Waals surface area contributed by atoms with Crippen LogP contribution in [0.3, 0.4) is 0 Å². The van der Waals surface area contributed by atoms with Gasteiger partial charge in [0.15, 0.2) is 33.7 Å². The molecular weight excluding hydrogens is 613 g/mol. The number of carbonyl (C=O) groups is 2. The van der Waals surface area contributed by atoms with Gasteiger partial charge in [-0.2, -0.15) is 9.97 Å². The molecule has 0 unspecified atom stereocenters. The van der Waals surface area contributed by atoms with E-state index < -0.39 is 52.0 Å². The van der Waals surface area contributed by atoms with Crippen molar-refractivity contribution < 1.29 is 46.5 Å². The minimum absolute atomic E-state index is 0.0205. The second kappa shape index (κ2) is 13.1. The number of fused-ring (bicyclic) bond motifs is 1. The molecule has 4 rings (SSSR count). The van der Waals surface area contributed by atoms with Crippen LogP contribution < -0.4 is 5.73 Å². The molecule has 0 aliphatic carbocycles. The third-order valence-electron chi connectivity index (χ3n) is 6.75. The Hall–Kier alpha value is -3.44. The SMILES string of the molecule is CCOC(=O)C(Cc1ccc(S(C)(=O)=O)cc1)(OCC[C@H]1O[C@@H](n2cnc3c(N)nc(Cl)nc32)[C@@H](F)[C@@H]1O)C(=O)OCC. The monoisotopic (exact) mass is 643 g/mol. The van der Waals surface area contributed by atoms with E-state index in [0.29, 0.717) is 5.56 Å². The summed E-state index contributed by atoms with van der Waals surface area (Å²) >= 11 is 5.90. The summed E-state index contributed by atoms with van der Waals surface area (Å²) in [5.74, 6) is -2.09. The molecule has 2 aromatic heterocycles. The molecule has 4 atom stereocenters. The Labute approximate surface area is 251 Å². The number of nitrogens with two attached hydrogens (primary N) is 1. The number of nitrogens with zero attached hydrogens (tertiary/aromatic N) is 4. The Balaban J connectivity index is 1.56. The number of aromatic nitrogens is 4. The summed E-state index contributed by atoms with van der Waals surface area (Å²) in [5.41, 5.74) is 4.17. The van der Waals surface area contributed by atoms with Crippen molar-refractivity contribution in [2.75, 3.05) is 31.8 Å². The van der Waals surface area contributed by atoms with Gasteiger partial charge in [0.25, 0.3) is 5.60 Å². The van der Waals surface area contributed by atoms with Crippen LogP contribution in [0.2, 0.25) is 5.28 Å². The Morgan fingerprint density at radius 3 is 2.37 bits per heavy atom. The van der Waals surface area contributed by atoms with E-state index in [1.54, 1.807) is 13.8 Å². The predicted molar refractivity (Wildman–Crippen MR) is 149 cm³/mol. The molecule has 14 nitrogen and oxygen atoms in total. The number of hydrogen-bond acceptors (Lipinski definition) is 13. The smallest absolute Gasteiger partial charge is 0.350 e. The van der Waals surface area contributed by atoms with Gasteiger partial charge in [-0.25, -0.2) is 27.4 Å². The van der Waals surface area contributed by atoms with Crippen LogP contribution in [0.25, 0.3) is 11.2 Å². The van der Waals surface area contributed by atoms with E-state index in [2.05, 4.69) is 15.0 Å². The van der Waals surface area contributed by atoms with Gasteiger partial charge < -0.3 is 29.8 Å². The van der Waals surface area contributed by atoms with Crippen LogP contribution in [-0.2, 0) is 44.8 Å². The average molecular weight is 644 g/mol. The highest BCUT2D eigenvalue weighted by Gasteiger charge is 2.52. The molecule has 17 heteroatoms. The number of carbonyl (C=O) groups excluding carboxylic acids is 2. The first kappa shape index (κ1) is 32.5. The summed E-state index contributed by atoms with van der Waals surface area (Å²) < 4.78 is 62.3. The second-order valence-corrected chi connectivity index (χ2v) is 12.1. The number of hydrogen-bond donors (Lipinski definition) is 2. The maximum atomic E-state index is 15.3. The molecule has 234 valence electrons. The molecule has 3 heterocycles. The number of benzene rings is 1. The van der Waals surface area contributed by atoms with Crippen molar-refractivity contribution >= 4 is 50.4 Å². The standard InChI is InChI=1S/C26H31ClFN5O9S/c1-4-39-23(35)26(24(36)40-5-2,12-14-6-8-15(9-7-14)43(3,37)38)41-11-10-16-19(34)17(28)22(42-16)33-13-30-18-20(29)31-25(27)32-21(18)33/h6-9,13,16-17,19,22,34H,4-5,10-12H2,1-3H3,(H2,29,31,32)/t16-,17+,19-,22-/m1/s1. The Morgan fingerprint density at radius 1 is 1.16 bits per heavy atom. The number of esters is 2. The summed E-state index contributed by atoms with van der Waals surface area (Å²) in [4.78, 5) is 38.4. The summed E-state index contributed by atoms with van der Waals surface area (Å²) in [7, 11) is -3.49. The van der Waals surface area contributed by atoms with Crippen LogP contribution in [0.15, 0.2) is 35.5 Å². The molecule has 0 spiro atoms. The fourth-order valence-corrected chi connectivity index (χ4v) is 5.45. The molecule has 3 N–H and O–H groups in total. The third kappa shape index (κ3) is 6.72. The lowest BCUT2D eigenvalue weighted by molar-refractivity contribution is -0.192. The van der Waals surface area contributed by atoms with Crippen molar-refractivity contribution in [3.63, 3.8) is 0 Å². The molecule has 1 aliphatic rings. The number of ether oxygens (including phenoxy) is 4. The zero-order chi connectivity index (χ0) is 31.5. The second-order valence-electron chi connectivity index (χ2n) is 9.70. The highest BCUT2D eigenvalue weighted by Crippen LogP contribution is 2.36. The lowest BCUT2D eigenvalue weighted by atomic mass is 9.93. The minimum atomic E-state index is -3.49. The summed E-state index contributed by atoms with van der Waals surface area (Å²) in [6, 6.07) is 5.54. The van der Waals surface area contributed by atoms with Gasteiger partial charge in [-0.3, -0.25) is 4.57 Å². The van der Waals surface area contributed by atoms with E-state index in [1.807, 2.05) is 0 Å². The van der Waals surface area contributed by atoms with Crippen LogP contribution in [0, 0.1) is 0 Å². The first-order chi connectivity index (χ1) is 20.3. The largest absolute Gasteiger partial charge is 0.463 e. The van der Waals surface area contributed by atoms with Crippen molar-refractivity contribution in [1.82, 2.24) is 19.5 Å². The van der Waals surface area contributed by atoms with Crippen molar-refractivity contribution in [3.8, 4) is 0 Å². The highest BCUT2D eigenvalue weighted by atomic mass is 35.5. The van der Waals surface area contributed by atoms with Gasteiger partial charge in [-0.05, 0) is 49.6 Å². The molecule has 1 aliphatic heterocycles. The Kier molecular flexibility index (Phi) is 9.86. The fraction of sp³-hybridized carbons (Fsp3) is 0.500. The number of halogens is 2. The molecule has 0 bridgehead atoms. The molecule has 1 aromatic carbocycles. The maximum absolute atomic E-state index is 15.3. The summed E-state index contributed by atoms with van der Waals surface area (Å²) in [6.45, 7) is 2.56. The van der Waals surface area contributed by atoms with Crippen LogP contribution in [0.4, 0.5) is 10.2 Å². The van der Waals surface area contributed by atoms with Gasteiger partial charge in [0, 0.05) is 12.7 Å². The van der Waals surface area contributed by atoms with Crippen molar-refractivity contribution in [3.05, 3.63) is 41.4 Å². The van der Waals surface area contributed by atoms with Crippen molar-refractivity contribution in [2.24, 2.45) is 0 Å². The Morgan fingerprint density at radius 2 is 1.79 bits per heavy atom. The van der Waals surface area contributed by atoms with Gasteiger partial charge >= 0.3 is 11.9 Å². The van der Waals surface area contributed by atoms with E-state index >= 15 is 4.39 Å². The predicted octanol–water partition coefficient (Wildman–Crippen LogP) is 1.58. The van der Waals surface area contributed by atoms with Crippen LogP contribution in [-0.4, -0.2) is 95.0 Å². The molecule has 0 radical (unpaired) electrons. The maximum Gasteiger partial charge on any atom is 0.350 e. The normalized spacial score (nSPS) is 20.8. The third-order valence-corrected chi connectivity index (χ3v) is 8.05. The van der Waals surface area contributed by atoms with Gasteiger partial charge in [0.1, 0.15) is 11.6 Å². The number of aliphatic hydroxyl groups excluding tert-OH is 1. The van der Waals surface area contributed by atoms with E-state index in [-0.39, 0.29) is 59.8 Å². The number of alkyl halides is 1. The van der Waals surface area contributed by atoms with Crippen molar-refractivity contribution in [2.45, 2.75) is 61.8 Å². The molecule has 0 saturated carbocycles. The van der Waals surface area contributed by atoms with E-state index in [1.165, 1.54) is 35.2 Å². The minimum Gasteiger partial charge on any atom is -0.463 e. The van der Waals surface area contributed by atoms with Gasteiger partial charge in [0.2, 0.25) is 5.28 Å².